The number of nitrogens with one attached hydrogen (secondary N) is 1. The number of hydrogen-bond acceptors (Lipinski definition) is 3. The van der Waals surface area contributed by atoms with Crippen LogP contribution in [0, 0.1) is 0 Å². The second-order valence-corrected chi connectivity index (χ2v) is 4.79. The van der Waals surface area contributed by atoms with Crippen LogP contribution in [0.5, 0.6) is 0 Å². The molecule has 4 heteroatoms. The minimum Gasteiger partial charge on any atom is -0.325 e. The van der Waals surface area contributed by atoms with Gasteiger partial charge in [0.15, 0.2) is 0 Å². The lowest BCUT2D eigenvalue weighted by molar-refractivity contribution is -0.116. The Morgan fingerprint density at radius 3 is 2.70 bits per heavy atom. The molecule has 1 unspecified atom stereocenters. The summed E-state index contributed by atoms with van der Waals surface area (Å²) < 4.78 is 0. The zero-order valence-corrected chi connectivity index (χ0v) is 10.6. The maximum absolute atomic E-state index is 12.3. The molecule has 0 saturated carbocycles. The van der Waals surface area contributed by atoms with Gasteiger partial charge in [0.25, 0.3) is 0 Å². The summed E-state index contributed by atoms with van der Waals surface area (Å²) in [6.45, 7) is 0. The third-order valence-electron chi connectivity index (χ3n) is 3.64. The molecule has 1 aliphatic rings. The first-order valence-electron chi connectivity index (χ1n) is 6.44. The summed E-state index contributed by atoms with van der Waals surface area (Å²) >= 11 is 0. The Hall–Kier alpha value is -2.75. The van der Waals surface area contributed by atoms with Crippen molar-refractivity contribution in [2.45, 2.75) is 5.92 Å². The SMILES string of the molecule is O=C1Nc2ccccc2C1c1ncnc2ccccc12. The van der Waals surface area contributed by atoms with E-state index in [1.807, 2.05) is 48.5 Å². The molecule has 4 rings (SSSR count). The average molecular weight is 261 g/mol. The van der Waals surface area contributed by atoms with Crippen LogP contribution in [0.1, 0.15) is 17.2 Å². The third-order valence-corrected chi connectivity index (χ3v) is 3.64. The molecule has 0 fully saturated rings. The Morgan fingerprint density at radius 1 is 0.950 bits per heavy atom. The highest BCUT2D eigenvalue weighted by Crippen LogP contribution is 2.38. The molecule has 0 bridgehead atoms. The van der Waals surface area contributed by atoms with Crippen molar-refractivity contribution in [2.75, 3.05) is 5.32 Å². The van der Waals surface area contributed by atoms with Gasteiger partial charge in [-0.15, -0.1) is 0 Å². The molecular formula is C16H11N3O. The molecule has 1 aromatic heterocycles. The number of fused-ring (bicyclic) bond motifs is 2. The number of hydrogen-bond donors (Lipinski definition) is 1. The van der Waals surface area contributed by atoms with E-state index in [-0.39, 0.29) is 11.8 Å². The Morgan fingerprint density at radius 2 is 1.75 bits per heavy atom. The maximum Gasteiger partial charge on any atom is 0.238 e. The van der Waals surface area contributed by atoms with Crippen molar-refractivity contribution in [3.05, 3.63) is 66.1 Å². The van der Waals surface area contributed by atoms with E-state index in [1.54, 1.807) is 0 Å². The number of para-hydroxylation sites is 2. The highest BCUT2D eigenvalue weighted by Gasteiger charge is 2.33. The largest absolute Gasteiger partial charge is 0.325 e. The summed E-state index contributed by atoms with van der Waals surface area (Å²) in [6, 6.07) is 15.5. The van der Waals surface area contributed by atoms with Crippen LogP contribution in [0.25, 0.3) is 10.9 Å². The topological polar surface area (TPSA) is 54.9 Å². The van der Waals surface area contributed by atoms with Crippen LogP contribution in [-0.4, -0.2) is 15.9 Å². The van der Waals surface area contributed by atoms with Gasteiger partial charge in [-0.25, -0.2) is 9.97 Å². The lowest BCUT2D eigenvalue weighted by Gasteiger charge is -2.10. The molecule has 2 heterocycles. The van der Waals surface area contributed by atoms with Crippen LogP contribution < -0.4 is 5.32 Å². The van der Waals surface area contributed by atoms with Gasteiger partial charge in [-0.3, -0.25) is 4.79 Å². The van der Waals surface area contributed by atoms with E-state index in [0.29, 0.717) is 0 Å². The Labute approximate surface area is 115 Å². The van der Waals surface area contributed by atoms with Gasteiger partial charge in [0.05, 0.1) is 11.2 Å². The van der Waals surface area contributed by atoms with Gasteiger partial charge in [0.2, 0.25) is 5.91 Å². The lowest BCUT2D eigenvalue weighted by atomic mass is 9.94. The fourth-order valence-electron chi connectivity index (χ4n) is 2.74. The zero-order valence-electron chi connectivity index (χ0n) is 10.6. The second kappa shape index (κ2) is 4.13. The van der Waals surface area contributed by atoms with Crippen molar-refractivity contribution in [1.29, 1.82) is 0 Å². The third kappa shape index (κ3) is 1.51. The van der Waals surface area contributed by atoms with Crippen LogP contribution >= 0.6 is 0 Å². The smallest absolute Gasteiger partial charge is 0.238 e. The summed E-state index contributed by atoms with van der Waals surface area (Å²) in [5.74, 6) is -0.394. The molecule has 1 N–H and O–H groups in total. The van der Waals surface area contributed by atoms with Crippen molar-refractivity contribution >= 4 is 22.5 Å². The molecule has 0 saturated heterocycles. The van der Waals surface area contributed by atoms with E-state index in [2.05, 4.69) is 15.3 Å². The lowest BCUT2D eigenvalue weighted by Crippen LogP contribution is -2.15. The molecule has 2 aromatic carbocycles. The van der Waals surface area contributed by atoms with E-state index in [4.69, 9.17) is 0 Å². The summed E-state index contributed by atoms with van der Waals surface area (Å²) in [6.07, 6.45) is 1.52. The molecule has 1 amide bonds. The van der Waals surface area contributed by atoms with Crippen LogP contribution in [0.3, 0.4) is 0 Å². The van der Waals surface area contributed by atoms with Crippen molar-refractivity contribution in [3.63, 3.8) is 0 Å². The number of carbonyl (C=O) groups excluding carboxylic acids is 1. The van der Waals surface area contributed by atoms with E-state index in [1.165, 1.54) is 6.33 Å². The van der Waals surface area contributed by atoms with Crippen LogP contribution in [0.4, 0.5) is 5.69 Å². The summed E-state index contributed by atoms with van der Waals surface area (Å²) in [4.78, 5) is 20.9. The van der Waals surface area contributed by atoms with Gasteiger partial charge < -0.3 is 5.32 Å². The Balaban J connectivity index is 1.98. The summed E-state index contributed by atoms with van der Waals surface area (Å²) in [5, 5.41) is 3.83. The minimum absolute atomic E-state index is 0.0324. The number of amides is 1. The summed E-state index contributed by atoms with van der Waals surface area (Å²) in [5.41, 5.74) is 3.46. The zero-order chi connectivity index (χ0) is 13.5. The first kappa shape index (κ1) is 11.1. The Kier molecular flexibility index (Phi) is 2.29. The number of nitrogens with zero attached hydrogens (tertiary/aromatic N) is 2. The summed E-state index contributed by atoms with van der Waals surface area (Å²) in [7, 11) is 0. The van der Waals surface area contributed by atoms with E-state index in [9.17, 15) is 4.79 Å². The monoisotopic (exact) mass is 261 g/mol. The van der Waals surface area contributed by atoms with Crippen LogP contribution in [0.15, 0.2) is 54.9 Å². The number of benzene rings is 2. The van der Waals surface area contributed by atoms with Gasteiger partial charge in [-0.1, -0.05) is 36.4 Å². The predicted octanol–water partition coefficient (Wildman–Crippen LogP) is 2.71. The molecule has 1 atom stereocenters. The van der Waals surface area contributed by atoms with Gasteiger partial charge >= 0.3 is 0 Å². The first-order chi connectivity index (χ1) is 9.84. The number of aromatic nitrogens is 2. The molecule has 4 nitrogen and oxygen atoms in total. The van der Waals surface area contributed by atoms with Crippen molar-refractivity contribution in [2.24, 2.45) is 0 Å². The van der Waals surface area contributed by atoms with Gasteiger partial charge in [0, 0.05) is 11.1 Å². The molecule has 0 radical (unpaired) electrons. The van der Waals surface area contributed by atoms with E-state index in [0.717, 1.165) is 27.8 Å². The molecular weight excluding hydrogens is 250 g/mol. The van der Waals surface area contributed by atoms with Crippen LogP contribution in [-0.2, 0) is 4.79 Å². The highest BCUT2D eigenvalue weighted by atomic mass is 16.2. The normalized spacial score (nSPS) is 17.0. The molecule has 0 aliphatic carbocycles. The number of rotatable bonds is 1. The van der Waals surface area contributed by atoms with E-state index >= 15 is 0 Å². The van der Waals surface area contributed by atoms with Gasteiger partial charge in [-0.2, -0.15) is 0 Å². The molecule has 0 spiro atoms. The number of anilines is 1. The van der Waals surface area contributed by atoms with Crippen LogP contribution in [0.2, 0.25) is 0 Å². The van der Waals surface area contributed by atoms with Gasteiger partial charge in [0.1, 0.15) is 12.2 Å². The molecule has 3 aromatic rings. The second-order valence-electron chi connectivity index (χ2n) is 4.79. The predicted molar refractivity (Wildman–Crippen MR) is 76.5 cm³/mol. The minimum atomic E-state index is -0.362. The van der Waals surface area contributed by atoms with Crippen molar-refractivity contribution in [1.82, 2.24) is 9.97 Å². The van der Waals surface area contributed by atoms with Crippen molar-refractivity contribution < 1.29 is 4.79 Å². The average Bonchev–Trinajstić information content (AvgIpc) is 2.82. The fourth-order valence-corrected chi connectivity index (χ4v) is 2.74. The molecule has 20 heavy (non-hydrogen) atoms. The first-order valence-corrected chi connectivity index (χ1v) is 6.44. The van der Waals surface area contributed by atoms with E-state index < -0.39 is 0 Å². The highest BCUT2D eigenvalue weighted by molar-refractivity contribution is 6.06. The van der Waals surface area contributed by atoms with Gasteiger partial charge in [-0.05, 0) is 17.7 Å². The molecule has 96 valence electrons. The fraction of sp³-hybridized carbons (Fsp3) is 0.0625. The van der Waals surface area contributed by atoms with Crippen molar-refractivity contribution in [3.8, 4) is 0 Å². The molecule has 1 aliphatic heterocycles. The Bertz CT molecular complexity index is 823. The standard InChI is InChI=1S/C16H11N3O/c20-16-14(10-5-1-4-8-13(10)19-16)15-11-6-2-3-7-12(11)17-9-18-15/h1-9,14H,(H,19,20). The maximum atomic E-state index is 12.3. The quantitative estimate of drug-likeness (QED) is 0.732. The number of carbonyl (C=O) groups is 1.